The van der Waals surface area contributed by atoms with Crippen LogP contribution in [0.4, 0.5) is 5.69 Å². The molecule has 0 aromatic heterocycles. The maximum Gasteiger partial charge on any atom is 0.322 e. The van der Waals surface area contributed by atoms with Gasteiger partial charge in [0, 0.05) is 12.1 Å². The number of carbonyl (C=O) groups excluding carboxylic acids is 1. The summed E-state index contributed by atoms with van der Waals surface area (Å²) in [6.07, 6.45) is 0.170. The van der Waals surface area contributed by atoms with Crippen LogP contribution >= 0.6 is 0 Å². The maximum absolute atomic E-state index is 10.9. The molecule has 0 bridgehead atoms. The average molecular weight is 251 g/mol. The fourth-order valence-electron chi connectivity index (χ4n) is 1.35. The Balaban J connectivity index is 2.49. The highest BCUT2D eigenvalue weighted by atomic mass is 16.4. The highest BCUT2D eigenvalue weighted by molar-refractivity contribution is 5.77. The Morgan fingerprint density at radius 1 is 1.33 bits per heavy atom. The van der Waals surface area contributed by atoms with E-state index in [4.69, 9.17) is 10.8 Å². The van der Waals surface area contributed by atoms with Crippen molar-refractivity contribution in [1.82, 2.24) is 5.43 Å². The molecule has 0 aliphatic rings. The van der Waals surface area contributed by atoms with Crippen LogP contribution < -0.4 is 16.6 Å². The second-order valence-electron chi connectivity index (χ2n) is 4.03. The fraction of sp³-hybridized carbons (Fsp3) is 0.333. The van der Waals surface area contributed by atoms with Gasteiger partial charge in [-0.3, -0.25) is 9.59 Å². The van der Waals surface area contributed by atoms with Gasteiger partial charge in [0.05, 0.1) is 0 Å². The largest absolute Gasteiger partial charge is 0.480 e. The van der Waals surface area contributed by atoms with Crippen LogP contribution in [-0.2, 0) is 9.59 Å². The topological polar surface area (TPSA) is 104 Å². The number of rotatable bonds is 7. The molecule has 0 radical (unpaired) electrons. The third-order valence-electron chi connectivity index (χ3n) is 2.42. The molecular weight excluding hydrogens is 234 g/mol. The second kappa shape index (κ2) is 6.61. The Morgan fingerprint density at radius 2 is 1.94 bits per heavy atom. The van der Waals surface area contributed by atoms with Crippen LogP contribution in [0, 0.1) is 6.92 Å². The number of anilines is 1. The minimum absolute atomic E-state index is 0.0273. The van der Waals surface area contributed by atoms with E-state index >= 15 is 0 Å². The normalized spacial score (nSPS) is 11.8. The van der Waals surface area contributed by atoms with Crippen molar-refractivity contribution < 1.29 is 14.7 Å². The Hall–Kier alpha value is -2.08. The number of benzene rings is 1. The molecule has 0 heterocycles. The zero-order valence-electron chi connectivity index (χ0n) is 10.1. The highest BCUT2D eigenvalue weighted by Crippen LogP contribution is 2.07. The number of carboxylic acid groups (broad SMARTS) is 1. The van der Waals surface area contributed by atoms with Gasteiger partial charge in [0.15, 0.2) is 0 Å². The van der Waals surface area contributed by atoms with Crippen LogP contribution in [0.15, 0.2) is 24.3 Å². The van der Waals surface area contributed by atoms with Gasteiger partial charge in [-0.25, -0.2) is 5.43 Å². The summed E-state index contributed by atoms with van der Waals surface area (Å²) >= 11 is 0. The van der Waals surface area contributed by atoms with E-state index in [1.54, 1.807) is 0 Å². The molecular formula is C12H17N3O3. The van der Waals surface area contributed by atoms with Gasteiger partial charge in [0.1, 0.15) is 6.04 Å². The molecule has 0 unspecified atom stereocenters. The number of hydrogen-bond acceptors (Lipinski definition) is 4. The molecule has 0 saturated heterocycles. The lowest BCUT2D eigenvalue weighted by Gasteiger charge is -2.15. The van der Waals surface area contributed by atoms with E-state index in [1.165, 1.54) is 0 Å². The molecule has 0 saturated carbocycles. The summed E-state index contributed by atoms with van der Waals surface area (Å²) in [4.78, 5) is 21.6. The quantitative estimate of drug-likeness (QED) is 0.532. The van der Waals surface area contributed by atoms with Crippen molar-refractivity contribution in [1.29, 1.82) is 0 Å². The molecule has 1 aromatic rings. The van der Waals surface area contributed by atoms with Gasteiger partial charge < -0.3 is 16.3 Å². The van der Waals surface area contributed by atoms with Crippen molar-refractivity contribution in [3.8, 4) is 0 Å². The zero-order valence-corrected chi connectivity index (χ0v) is 10.1. The summed E-state index contributed by atoms with van der Waals surface area (Å²) in [5, 5.41) is 8.95. The van der Waals surface area contributed by atoms with E-state index in [0.717, 1.165) is 11.3 Å². The number of carboxylic acids is 1. The highest BCUT2D eigenvalue weighted by Gasteiger charge is 2.17. The summed E-state index contributed by atoms with van der Waals surface area (Å²) in [5.74, 6) is -1.55. The average Bonchev–Trinajstić information content (AvgIpc) is 2.30. The van der Waals surface area contributed by atoms with Crippen LogP contribution in [0.5, 0.6) is 0 Å². The van der Waals surface area contributed by atoms with Crippen molar-refractivity contribution in [2.75, 3.05) is 5.43 Å². The second-order valence-corrected chi connectivity index (χ2v) is 4.03. The Bertz CT molecular complexity index is 417. The van der Waals surface area contributed by atoms with Crippen LogP contribution in [0.3, 0.4) is 0 Å². The maximum atomic E-state index is 10.9. The molecule has 98 valence electrons. The predicted octanol–water partition coefficient (Wildman–Crippen LogP) is 0.630. The zero-order chi connectivity index (χ0) is 13.5. The van der Waals surface area contributed by atoms with Crippen molar-refractivity contribution in [2.45, 2.75) is 25.8 Å². The van der Waals surface area contributed by atoms with E-state index in [-0.39, 0.29) is 12.8 Å². The van der Waals surface area contributed by atoms with Crippen LogP contribution in [0.1, 0.15) is 18.4 Å². The summed E-state index contributed by atoms with van der Waals surface area (Å²) in [5.41, 5.74) is 12.3. The van der Waals surface area contributed by atoms with Gasteiger partial charge in [-0.05, 0) is 25.5 Å². The minimum atomic E-state index is -1.03. The number of aryl methyl sites for hydroxylation is 1. The monoisotopic (exact) mass is 251 g/mol. The first-order valence-corrected chi connectivity index (χ1v) is 5.58. The van der Waals surface area contributed by atoms with Crippen molar-refractivity contribution >= 4 is 17.6 Å². The predicted molar refractivity (Wildman–Crippen MR) is 67.8 cm³/mol. The molecule has 0 aliphatic carbocycles. The Kier molecular flexibility index (Phi) is 5.13. The number of nitrogens with one attached hydrogen (secondary N) is 2. The van der Waals surface area contributed by atoms with Gasteiger partial charge in [0.2, 0.25) is 5.91 Å². The molecule has 18 heavy (non-hydrogen) atoms. The molecule has 0 spiro atoms. The summed E-state index contributed by atoms with van der Waals surface area (Å²) in [6, 6.07) is 6.61. The number of nitrogens with two attached hydrogens (primary N) is 1. The van der Waals surface area contributed by atoms with E-state index in [0.29, 0.717) is 0 Å². The Labute approximate surface area is 105 Å². The summed E-state index contributed by atoms with van der Waals surface area (Å²) < 4.78 is 0. The molecule has 0 aliphatic heterocycles. The molecule has 6 heteroatoms. The van der Waals surface area contributed by atoms with Gasteiger partial charge in [-0.1, -0.05) is 17.7 Å². The number of hydrogen-bond donors (Lipinski definition) is 4. The number of hydrazine groups is 1. The first kappa shape index (κ1) is 14.0. The molecule has 0 fully saturated rings. The third kappa shape index (κ3) is 4.84. The number of primary amides is 1. The molecule has 6 nitrogen and oxygen atoms in total. The number of carbonyl (C=O) groups is 2. The molecule has 1 atom stereocenters. The van der Waals surface area contributed by atoms with Gasteiger partial charge in [-0.2, -0.15) is 0 Å². The van der Waals surface area contributed by atoms with E-state index in [9.17, 15) is 9.59 Å². The van der Waals surface area contributed by atoms with E-state index < -0.39 is 17.9 Å². The smallest absolute Gasteiger partial charge is 0.322 e. The van der Waals surface area contributed by atoms with Gasteiger partial charge in [0.25, 0.3) is 0 Å². The first-order valence-electron chi connectivity index (χ1n) is 5.58. The Morgan fingerprint density at radius 3 is 2.44 bits per heavy atom. The lowest BCUT2D eigenvalue weighted by Crippen LogP contribution is -2.41. The third-order valence-corrected chi connectivity index (χ3v) is 2.42. The molecule has 1 amide bonds. The number of amides is 1. The molecule has 5 N–H and O–H groups in total. The van der Waals surface area contributed by atoms with E-state index in [1.807, 2.05) is 31.2 Å². The van der Waals surface area contributed by atoms with Crippen LogP contribution in [0.25, 0.3) is 0 Å². The minimum Gasteiger partial charge on any atom is -0.480 e. The van der Waals surface area contributed by atoms with Crippen LogP contribution in [0.2, 0.25) is 0 Å². The van der Waals surface area contributed by atoms with Crippen molar-refractivity contribution in [2.24, 2.45) is 5.73 Å². The van der Waals surface area contributed by atoms with Crippen molar-refractivity contribution in [3.63, 3.8) is 0 Å². The lowest BCUT2D eigenvalue weighted by atomic mass is 10.1. The number of aliphatic carboxylic acids is 1. The fourth-order valence-corrected chi connectivity index (χ4v) is 1.35. The van der Waals surface area contributed by atoms with E-state index in [2.05, 4.69) is 10.9 Å². The standard InChI is InChI=1S/C12H17N3O3/c1-8-2-4-9(5-3-8)14-15-10(12(17)18)6-7-11(13)16/h2-5,10,14-15H,6-7H2,1H3,(H2,13,16)(H,17,18)/t10-/m0/s1. The SMILES string of the molecule is Cc1ccc(NN[C@@H](CCC(N)=O)C(=O)O)cc1. The van der Waals surface area contributed by atoms with Crippen molar-refractivity contribution in [3.05, 3.63) is 29.8 Å². The van der Waals surface area contributed by atoms with Crippen LogP contribution in [-0.4, -0.2) is 23.0 Å². The molecule has 1 rings (SSSR count). The summed E-state index contributed by atoms with van der Waals surface area (Å²) in [7, 11) is 0. The summed E-state index contributed by atoms with van der Waals surface area (Å²) in [6.45, 7) is 1.96. The van der Waals surface area contributed by atoms with Gasteiger partial charge >= 0.3 is 5.97 Å². The first-order chi connectivity index (χ1) is 8.49. The van der Waals surface area contributed by atoms with Gasteiger partial charge in [-0.15, -0.1) is 0 Å². The lowest BCUT2D eigenvalue weighted by molar-refractivity contribution is -0.139. The molecule has 1 aromatic carbocycles.